The van der Waals surface area contributed by atoms with Crippen LogP contribution in [0.2, 0.25) is 0 Å². The van der Waals surface area contributed by atoms with Crippen molar-refractivity contribution in [3.8, 4) is 0 Å². The standard InChI is InChI=1S/C19H27NO4/c1-5-6-12-15(20-18(23)24-19(2,3)4)17(22)13-16(21)14-10-8-7-9-11-14/h7-11,15H,5-6,12-13H2,1-4H3,(H,20,23)/t15-/m1/s1. The number of ether oxygens (including phenoxy) is 1. The van der Waals surface area contributed by atoms with Crippen LogP contribution in [-0.4, -0.2) is 29.3 Å². The molecular weight excluding hydrogens is 306 g/mol. The van der Waals surface area contributed by atoms with Gasteiger partial charge in [-0.25, -0.2) is 4.79 Å². The Morgan fingerprint density at radius 2 is 1.75 bits per heavy atom. The molecule has 0 saturated heterocycles. The van der Waals surface area contributed by atoms with Crippen LogP contribution < -0.4 is 5.32 Å². The van der Waals surface area contributed by atoms with Gasteiger partial charge in [-0.1, -0.05) is 50.1 Å². The van der Waals surface area contributed by atoms with Crippen molar-refractivity contribution in [1.29, 1.82) is 0 Å². The van der Waals surface area contributed by atoms with Crippen molar-refractivity contribution < 1.29 is 19.1 Å². The summed E-state index contributed by atoms with van der Waals surface area (Å²) < 4.78 is 5.20. The molecule has 0 unspecified atom stereocenters. The third-order valence-electron chi connectivity index (χ3n) is 3.36. The average molecular weight is 333 g/mol. The number of amides is 1. The van der Waals surface area contributed by atoms with Crippen LogP contribution in [0.25, 0.3) is 0 Å². The van der Waals surface area contributed by atoms with E-state index in [1.807, 2.05) is 13.0 Å². The fourth-order valence-corrected chi connectivity index (χ4v) is 2.18. The zero-order valence-corrected chi connectivity index (χ0v) is 14.9. The molecule has 0 fully saturated rings. The van der Waals surface area contributed by atoms with E-state index in [2.05, 4.69) is 5.32 Å². The van der Waals surface area contributed by atoms with Crippen LogP contribution in [0.15, 0.2) is 30.3 Å². The lowest BCUT2D eigenvalue weighted by atomic mass is 9.99. The predicted octanol–water partition coefficient (Wildman–Crippen LogP) is 3.91. The first-order valence-corrected chi connectivity index (χ1v) is 8.33. The van der Waals surface area contributed by atoms with Gasteiger partial charge >= 0.3 is 6.09 Å². The molecule has 0 aliphatic carbocycles. The van der Waals surface area contributed by atoms with Crippen molar-refractivity contribution in [3.05, 3.63) is 35.9 Å². The largest absolute Gasteiger partial charge is 0.444 e. The highest BCUT2D eigenvalue weighted by Gasteiger charge is 2.25. The molecule has 0 heterocycles. The third kappa shape index (κ3) is 7.40. The Labute approximate surface area is 143 Å². The summed E-state index contributed by atoms with van der Waals surface area (Å²) in [6.07, 6.45) is 1.31. The van der Waals surface area contributed by atoms with Crippen LogP contribution in [0.5, 0.6) is 0 Å². The number of ketones is 2. The molecule has 0 saturated carbocycles. The van der Waals surface area contributed by atoms with E-state index in [1.165, 1.54) is 0 Å². The monoisotopic (exact) mass is 333 g/mol. The SMILES string of the molecule is CCCC[C@@H](NC(=O)OC(C)(C)C)C(=O)CC(=O)c1ccccc1. The number of alkyl carbamates (subject to hydrolysis) is 1. The highest BCUT2D eigenvalue weighted by atomic mass is 16.6. The molecular formula is C19H27NO4. The summed E-state index contributed by atoms with van der Waals surface area (Å²) in [5.74, 6) is -0.531. The minimum absolute atomic E-state index is 0.228. The lowest BCUT2D eigenvalue weighted by Crippen LogP contribution is -2.44. The van der Waals surface area contributed by atoms with Gasteiger partial charge in [0.25, 0.3) is 0 Å². The quantitative estimate of drug-likeness (QED) is 0.578. The molecule has 24 heavy (non-hydrogen) atoms. The van der Waals surface area contributed by atoms with Crippen LogP contribution in [0.4, 0.5) is 4.79 Å². The highest BCUT2D eigenvalue weighted by Crippen LogP contribution is 2.11. The Morgan fingerprint density at radius 1 is 1.12 bits per heavy atom. The molecule has 1 amide bonds. The highest BCUT2D eigenvalue weighted by molar-refractivity contribution is 6.09. The first-order chi connectivity index (χ1) is 11.2. The van der Waals surface area contributed by atoms with E-state index in [9.17, 15) is 14.4 Å². The van der Waals surface area contributed by atoms with Crippen LogP contribution in [0, 0.1) is 0 Å². The number of Topliss-reactive ketones (excluding diaryl/α,β-unsaturated/α-hetero) is 2. The molecule has 132 valence electrons. The average Bonchev–Trinajstić information content (AvgIpc) is 2.50. The fourth-order valence-electron chi connectivity index (χ4n) is 2.18. The summed E-state index contributed by atoms with van der Waals surface area (Å²) in [6, 6.07) is 7.98. The van der Waals surface area contributed by atoms with Gasteiger partial charge in [-0.3, -0.25) is 9.59 Å². The number of hydrogen-bond donors (Lipinski definition) is 1. The molecule has 5 nitrogen and oxygen atoms in total. The number of unbranched alkanes of at least 4 members (excludes halogenated alkanes) is 1. The summed E-state index contributed by atoms with van der Waals surface area (Å²) in [7, 11) is 0. The van der Waals surface area contributed by atoms with Gasteiger partial charge in [0.05, 0.1) is 12.5 Å². The number of hydrogen-bond acceptors (Lipinski definition) is 4. The van der Waals surface area contributed by atoms with E-state index in [1.54, 1.807) is 45.0 Å². The molecule has 0 radical (unpaired) electrons. The third-order valence-corrected chi connectivity index (χ3v) is 3.36. The maximum atomic E-state index is 12.4. The summed E-state index contributed by atoms with van der Waals surface area (Å²) in [5, 5.41) is 2.60. The van der Waals surface area contributed by atoms with E-state index >= 15 is 0 Å². The molecule has 0 aliphatic rings. The van der Waals surface area contributed by atoms with Gasteiger partial charge in [-0.15, -0.1) is 0 Å². The molecule has 1 aromatic carbocycles. The zero-order chi connectivity index (χ0) is 18.2. The molecule has 1 atom stereocenters. The van der Waals surface area contributed by atoms with Crippen LogP contribution in [0.1, 0.15) is 63.7 Å². The second-order valence-electron chi connectivity index (χ2n) is 6.77. The number of rotatable bonds is 8. The molecule has 5 heteroatoms. The maximum Gasteiger partial charge on any atom is 0.408 e. The summed E-state index contributed by atoms with van der Waals surface area (Å²) >= 11 is 0. The Bertz CT molecular complexity index is 560. The summed E-state index contributed by atoms with van der Waals surface area (Å²) in [4.78, 5) is 36.5. The van der Waals surface area contributed by atoms with Gasteiger partial charge in [0.2, 0.25) is 0 Å². The van der Waals surface area contributed by atoms with Crippen LogP contribution in [0.3, 0.4) is 0 Å². The molecule has 0 bridgehead atoms. The number of carbonyl (C=O) groups is 3. The van der Waals surface area contributed by atoms with E-state index in [0.29, 0.717) is 12.0 Å². The Balaban J connectivity index is 2.70. The summed E-state index contributed by atoms with van der Waals surface area (Å²) in [6.45, 7) is 7.28. The molecule has 1 aromatic rings. The van der Waals surface area contributed by atoms with Gasteiger partial charge in [0.15, 0.2) is 11.6 Å². The van der Waals surface area contributed by atoms with E-state index in [0.717, 1.165) is 12.8 Å². The molecule has 1 rings (SSSR count). The topological polar surface area (TPSA) is 72.5 Å². The van der Waals surface area contributed by atoms with Crippen molar-refractivity contribution >= 4 is 17.7 Å². The summed E-state index contributed by atoms with van der Waals surface area (Å²) in [5.41, 5.74) is -0.139. The van der Waals surface area contributed by atoms with Gasteiger partial charge in [0.1, 0.15) is 5.60 Å². The first kappa shape index (κ1) is 19.9. The van der Waals surface area contributed by atoms with Gasteiger partial charge < -0.3 is 10.1 Å². The fraction of sp³-hybridized carbons (Fsp3) is 0.526. The first-order valence-electron chi connectivity index (χ1n) is 8.33. The minimum Gasteiger partial charge on any atom is -0.444 e. The van der Waals surface area contributed by atoms with Crippen molar-refractivity contribution in [3.63, 3.8) is 0 Å². The maximum absolute atomic E-state index is 12.4. The zero-order valence-electron chi connectivity index (χ0n) is 14.9. The molecule has 0 spiro atoms. The van der Waals surface area contributed by atoms with E-state index in [-0.39, 0.29) is 18.0 Å². The van der Waals surface area contributed by atoms with Crippen LogP contribution >= 0.6 is 0 Å². The minimum atomic E-state index is -0.701. The van der Waals surface area contributed by atoms with Gasteiger partial charge in [-0.2, -0.15) is 0 Å². The molecule has 0 aliphatic heterocycles. The van der Waals surface area contributed by atoms with Crippen molar-refractivity contribution in [2.75, 3.05) is 0 Å². The normalized spacial score (nSPS) is 12.3. The van der Waals surface area contributed by atoms with Crippen LogP contribution in [-0.2, 0) is 9.53 Å². The number of benzene rings is 1. The lowest BCUT2D eigenvalue weighted by molar-refractivity contribution is -0.120. The smallest absolute Gasteiger partial charge is 0.408 e. The van der Waals surface area contributed by atoms with Crippen molar-refractivity contribution in [2.24, 2.45) is 0 Å². The molecule has 0 aromatic heterocycles. The number of carbonyl (C=O) groups excluding carboxylic acids is 3. The molecule has 1 N–H and O–H groups in total. The Kier molecular flexibility index (Phi) is 7.62. The van der Waals surface area contributed by atoms with Gasteiger partial charge in [0, 0.05) is 5.56 Å². The lowest BCUT2D eigenvalue weighted by Gasteiger charge is -2.23. The van der Waals surface area contributed by atoms with Crippen molar-refractivity contribution in [1.82, 2.24) is 5.32 Å². The Hall–Kier alpha value is -2.17. The second-order valence-corrected chi connectivity index (χ2v) is 6.77. The second kappa shape index (κ2) is 9.21. The number of nitrogens with one attached hydrogen (secondary N) is 1. The van der Waals surface area contributed by atoms with E-state index < -0.39 is 17.7 Å². The van der Waals surface area contributed by atoms with Gasteiger partial charge in [-0.05, 0) is 27.2 Å². The van der Waals surface area contributed by atoms with Crippen molar-refractivity contribution in [2.45, 2.75) is 65.0 Å². The Morgan fingerprint density at radius 3 is 2.29 bits per heavy atom. The van der Waals surface area contributed by atoms with E-state index in [4.69, 9.17) is 4.74 Å². The predicted molar refractivity (Wildman–Crippen MR) is 93.1 cm³/mol.